The molecule has 2 aliphatic carbocycles. The Balaban J connectivity index is 1.15. The maximum absolute atomic E-state index is 6.65. The summed E-state index contributed by atoms with van der Waals surface area (Å²) in [5.41, 5.74) is 23.1. The highest BCUT2D eigenvalue weighted by atomic mass is 32.1. The van der Waals surface area contributed by atoms with Crippen LogP contribution in [0.25, 0.3) is 91.9 Å². The Morgan fingerprint density at radius 3 is 2.23 bits per heavy atom. The molecule has 308 valence electrons. The van der Waals surface area contributed by atoms with E-state index in [1.54, 1.807) is 0 Å². The molecule has 1 aliphatic heterocycles. The molecule has 4 heterocycles. The van der Waals surface area contributed by atoms with Crippen LogP contribution in [0.15, 0.2) is 138 Å². The molecule has 0 fully saturated rings. The number of thiophene rings is 1. The van der Waals surface area contributed by atoms with E-state index in [0.717, 1.165) is 42.7 Å². The van der Waals surface area contributed by atoms with Crippen molar-refractivity contribution in [2.24, 2.45) is 0 Å². The zero-order valence-electron chi connectivity index (χ0n) is 37.0. The summed E-state index contributed by atoms with van der Waals surface area (Å²) in [4.78, 5) is 0. The summed E-state index contributed by atoms with van der Waals surface area (Å²) in [6, 6.07) is 50.9. The fourth-order valence-corrected chi connectivity index (χ4v) is 13.4. The first-order valence-electron chi connectivity index (χ1n) is 23.2. The second kappa shape index (κ2) is 12.8. The molecule has 0 spiro atoms. The number of hydrogen-bond acceptors (Lipinski definition) is 3. The smallest absolute Gasteiger partial charge is 0.198 e. The molecule has 3 nitrogen and oxygen atoms in total. The fourth-order valence-electron chi connectivity index (χ4n) is 12.1. The summed E-state index contributed by atoms with van der Waals surface area (Å²) in [6.45, 7) is 11.7. The molecule has 64 heavy (non-hydrogen) atoms. The number of fused-ring (bicyclic) bond motifs is 16. The summed E-state index contributed by atoms with van der Waals surface area (Å²) in [7, 11) is 0.813. The predicted octanol–water partition coefficient (Wildman–Crippen LogP) is 14.6. The lowest BCUT2D eigenvalue weighted by Crippen LogP contribution is -2.37. The van der Waals surface area contributed by atoms with Gasteiger partial charge in [0.1, 0.15) is 11.2 Å². The molecular weight excluding hydrogens is 796 g/mol. The molecule has 0 saturated heterocycles. The molecule has 0 amide bonds. The van der Waals surface area contributed by atoms with Gasteiger partial charge in [-0.3, -0.25) is 0 Å². The largest absolute Gasteiger partial charge is 0.456 e. The molecular formula is C59H47BN2OS. The summed E-state index contributed by atoms with van der Waals surface area (Å²) < 4.78 is 12.0. The molecule has 0 radical (unpaired) electrons. The third-order valence-electron chi connectivity index (χ3n) is 15.3. The zero-order valence-corrected chi connectivity index (χ0v) is 37.8. The summed E-state index contributed by atoms with van der Waals surface area (Å²) in [5, 5.41) is 11.9. The van der Waals surface area contributed by atoms with Gasteiger partial charge in [-0.25, -0.2) is 0 Å². The van der Waals surface area contributed by atoms with E-state index in [-0.39, 0.29) is 10.8 Å². The van der Waals surface area contributed by atoms with Crippen molar-refractivity contribution in [3.05, 3.63) is 161 Å². The Hall–Kier alpha value is -6.56. The van der Waals surface area contributed by atoms with Gasteiger partial charge < -0.3 is 14.3 Å². The van der Waals surface area contributed by atoms with E-state index in [4.69, 9.17) is 4.42 Å². The Morgan fingerprint density at radius 1 is 0.656 bits per heavy atom. The van der Waals surface area contributed by atoms with Crippen LogP contribution >= 0.6 is 11.3 Å². The second-order valence-electron chi connectivity index (χ2n) is 20.4. The minimum atomic E-state index is -0.167. The number of aryl methyl sites for hydroxylation is 2. The highest BCUT2D eigenvalue weighted by molar-refractivity contribution is 7.27. The van der Waals surface area contributed by atoms with Crippen molar-refractivity contribution >= 4 is 105 Å². The van der Waals surface area contributed by atoms with Crippen LogP contribution in [-0.2, 0) is 23.7 Å². The molecule has 8 aromatic carbocycles. The SMILES string of the molecule is CC(C)(C)c1ccc(Nc2cc3c(cc2-c2c4c5c(c6cc7c(cc6n5-c5cc6oc8ccccc8c6cc5B4)CCCC7)c4sc5ccccc5c24)C(C)(C)c2ccccc2-3)cc1. The van der Waals surface area contributed by atoms with E-state index in [1.807, 2.05) is 11.3 Å². The first-order chi connectivity index (χ1) is 31.1. The first kappa shape index (κ1) is 36.9. The van der Waals surface area contributed by atoms with E-state index in [2.05, 4.69) is 178 Å². The predicted molar refractivity (Wildman–Crippen MR) is 275 cm³/mol. The summed E-state index contributed by atoms with van der Waals surface area (Å²) in [6.07, 6.45) is 4.79. The van der Waals surface area contributed by atoms with Gasteiger partial charge in [-0.05, 0) is 130 Å². The van der Waals surface area contributed by atoms with Crippen LogP contribution in [0.3, 0.4) is 0 Å². The van der Waals surface area contributed by atoms with Crippen molar-refractivity contribution in [3.63, 3.8) is 0 Å². The molecule has 0 unspecified atom stereocenters. The third kappa shape index (κ3) is 4.99. The van der Waals surface area contributed by atoms with Crippen molar-refractivity contribution in [1.82, 2.24) is 4.57 Å². The molecule has 11 aromatic rings. The van der Waals surface area contributed by atoms with Gasteiger partial charge in [-0.1, -0.05) is 119 Å². The lowest BCUT2D eigenvalue weighted by Gasteiger charge is -2.27. The summed E-state index contributed by atoms with van der Waals surface area (Å²) in [5.74, 6) is 0. The average Bonchev–Trinajstić information content (AvgIpc) is 4.02. The Kier molecular flexibility index (Phi) is 7.37. The van der Waals surface area contributed by atoms with Gasteiger partial charge in [0.15, 0.2) is 7.28 Å². The van der Waals surface area contributed by atoms with Crippen LogP contribution in [-0.4, -0.2) is 11.8 Å². The minimum absolute atomic E-state index is 0.0680. The molecule has 14 rings (SSSR count). The van der Waals surface area contributed by atoms with Crippen molar-refractivity contribution in [3.8, 4) is 27.9 Å². The molecule has 3 aromatic heterocycles. The van der Waals surface area contributed by atoms with Crippen LogP contribution in [0.4, 0.5) is 11.4 Å². The number of aromatic nitrogens is 1. The summed E-state index contributed by atoms with van der Waals surface area (Å²) >= 11 is 1.97. The molecule has 1 N–H and O–H groups in total. The van der Waals surface area contributed by atoms with E-state index >= 15 is 0 Å². The van der Waals surface area contributed by atoms with Crippen LogP contribution in [0, 0.1) is 0 Å². The lowest BCUT2D eigenvalue weighted by atomic mass is 9.58. The topological polar surface area (TPSA) is 30.1 Å². The van der Waals surface area contributed by atoms with Crippen LogP contribution in [0.2, 0.25) is 0 Å². The number of benzene rings is 8. The number of nitrogens with zero attached hydrogens (tertiary/aromatic N) is 1. The highest BCUT2D eigenvalue weighted by Gasteiger charge is 2.38. The Morgan fingerprint density at radius 2 is 1.41 bits per heavy atom. The molecule has 0 saturated carbocycles. The number of anilines is 2. The van der Waals surface area contributed by atoms with E-state index < -0.39 is 0 Å². The third-order valence-corrected chi connectivity index (χ3v) is 16.5. The fraction of sp³-hybridized carbons (Fsp3) is 0.186. The number of furan rings is 1. The van der Waals surface area contributed by atoms with Gasteiger partial charge in [0.2, 0.25) is 0 Å². The van der Waals surface area contributed by atoms with Crippen molar-refractivity contribution < 1.29 is 4.42 Å². The second-order valence-corrected chi connectivity index (χ2v) is 21.4. The number of para-hydroxylation sites is 1. The lowest BCUT2D eigenvalue weighted by molar-refractivity contribution is 0.590. The van der Waals surface area contributed by atoms with E-state index in [9.17, 15) is 0 Å². The highest BCUT2D eigenvalue weighted by Crippen LogP contribution is 2.54. The number of hydrogen-bond donors (Lipinski definition) is 1. The maximum Gasteiger partial charge on any atom is 0.198 e. The Bertz CT molecular complexity index is 3850. The first-order valence-corrected chi connectivity index (χ1v) is 24.0. The van der Waals surface area contributed by atoms with Crippen molar-refractivity contribution in [1.29, 1.82) is 0 Å². The normalized spacial score (nSPS) is 15.0. The standard InChI is InChI=1S/C59H47BN2OS/c1-58(2,3)34-22-24-35(25-23-34)61-46-30-39-36-16-8-11-19-43(36)59(4,5)44(39)28-41(46)52-53-38-18-10-13-21-51(38)64-57(53)54-42-26-32-14-6-7-15-33(32)27-47(42)62-48-31-50-40(29-45(48)60-55(52)56(54)62)37-17-9-12-20-49(37)63-50/h8-13,16-31,60-61H,6-7,14-15H2,1-5H3. The maximum atomic E-state index is 6.65. The van der Waals surface area contributed by atoms with Gasteiger partial charge in [-0.2, -0.15) is 0 Å². The van der Waals surface area contributed by atoms with Crippen LogP contribution in [0.5, 0.6) is 0 Å². The average molecular weight is 843 g/mol. The van der Waals surface area contributed by atoms with Gasteiger partial charge in [0.05, 0.1) is 11.0 Å². The van der Waals surface area contributed by atoms with Crippen LogP contribution < -0.4 is 16.2 Å². The minimum Gasteiger partial charge on any atom is -0.456 e. The van der Waals surface area contributed by atoms with Gasteiger partial charge in [-0.15, -0.1) is 11.3 Å². The molecule has 0 bridgehead atoms. The van der Waals surface area contributed by atoms with Gasteiger partial charge in [0.25, 0.3) is 0 Å². The Labute approximate surface area is 377 Å². The molecule has 0 atom stereocenters. The zero-order chi connectivity index (χ0) is 42.8. The van der Waals surface area contributed by atoms with Gasteiger partial charge in [0, 0.05) is 75.8 Å². The van der Waals surface area contributed by atoms with Crippen molar-refractivity contribution in [2.45, 2.75) is 71.1 Å². The van der Waals surface area contributed by atoms with Crippen molar-refractivity contribution in [2.75, 3.05) is 5.32 Å². The van der Waals surface area contributed by atoms with Crippen LogP contribution in [0.1, 0.15) is 75.3 Å². The number of nitrogens with one attached hydrogen (secondary N) is 1. The monoisotopic (exact) mass is 842 g/mol. The van der Waals surface area contributed by atoms with Gasteiger partial charge >= 0.3 is 0 Å². The van der Waals surface area contributed by atoms with E-state index in [0.29, 0.717) is 0 Å². The van der Waals surface area contributed by atoms with E-state index in [1.165, 1.54) is 132 Å². The number of rotatable bonds is 3. The quantitative estimate of drug-likeness (QED) is 0.180. The molecule has 3 aliphatic rings. The molecule has 5 heteroatoms.